The fourth-order valence-corrected chi connectivity index (χ4v) is 4.17. The van der Waals surface area contributed by atoms with E-state index in [2.05, 4.69) is 20.9 Å². The number of urea groups is 1. The van der Waals surface area contributed by atoms with Gasteiger partial charge in [-0.2, -0.15) is 0 Å². The maximum absolute atomic E-state index is 12.4. The zero-order chi connectivity index (χ0) is 20.5. The third kappa shape index (κ3) is 6.78. The molecule has 0 radical (unpaired) electrons. The van der Waals surface area contributed by atoms with Gasteiger partial charge in [-0.25, -0.2) is 4.79 Å². The SMILES string of the molecule is O=C(CCCNC(=O)NC1CCCCC1)Nc1cccc(Cl)c1N1CCOCC1. The Morgan fingerprint density at radius 2 is 1.90 bits per heavy atom. The molecule has 7 nitrogen and oxygen atoms in total. The van der Waals surface area contributed by atoms with Crippen molar-refractivity contribution in [2.45, 2.75) is 51.0 Å². The Bertz CT molecular complexity index is 689. The Hall–Kier alpha value is -1.99. The van der Waals surface area contributed by atoms with E-state index in [-0.39, 0.29) is 18.0 Å². The van der Waals surface area contributed by atoms with E-state index in [1.807, 2.05) is 18.2 Å². The van der Waals surface area contributed by atoms with Crippen molar-refractivity contribution in [3.8, 4) is 0 Å². The maximum atomic E-state index is 12.4. The van der Waals surface area contributed by atoms with E-state index in [0.29, 0.717) is 43.3 Å². The molecule has 1 heterocycles. The first kappa shape index (κ1) is 21.7. The molecule has 0 unspecified atom stereocenters. The Morgan fingerprint density at radius 1 is 1.14 bits per heavy atom. The van der Waals surface area contributed by atoms with Crippen LogP contribution in [0, 0.1) is 0 Å². The lowest BCUT2D eigenvalue weighted by Gasteiger charge is -2.31. The van der Waals surface area contributed by atoms with Crippen molar-refractivity contribution in [1.82, 2.24) is 10.6 Å². The van der Waals surface area contributed by atoms with E-state index in [0.717, 1.165) is 31.6 Å². The normalized spacial score (nSPS) is 17.6. The van der Waals surface area contributed by atoms with Crippen LogP contribution in [0.5, 0.6) is 0 Å². The summed E-state index contributed by atoms with van der Waals surface area (Å²) in [6.45, 7) is 3.25. The lowest BCUT2D eigenvalue weighted by molar-refractivity contribution is -0.116. The van der Waals surface area contributed by atoms with Gasteiger partial charge in [0, 0.05) is 32.1 Å². The van der Waals surface area contributed by atoms with Crippen LogP contribution >= 0.6 is 11.6 Å². The average Bonchev–Trinajstić information content (AvgIpc) is 2.73. The van der Waals surface area contributed by atoms with Gasteiger partial charge in [-0.15, -0.1) is 0 Å². The van der Waals surface area contributed by atoms with Crippen LogP contribution in [-0.4, -0.2) is 50.8 Å². The molecule has 0 bridgehead atoms. The summed E-state index contributed by atoms with van der Waals surface area (Å²) in [6.07, 6.45) is 6.65. The Kier molecular flexibility index (Phi) is 8.43. The molecule has 160 valence electrons. The van der Waals surface area contributed by atoms with Crippen molar-refractivity contribution in [2.24, 2.45) is 0 Å². The van der Waals surface area contributed by atoms with E-state index in [1.165, 1.54) is 19.3 Å². The van der Waals surface area contributed by atoms with Gasteiger partial charge in [0.1, 0.15) is 0 Å². The summed E-state index contributed by atoms with van der Waals surface area (Å²) in [5.74, 6) is -0.0868. The molecule has 1 saturated carbocycles. The van der Waals surface area contributed by atoms with Gasteiger partial charge >= 0.3 is 6.03 Å². The van der Waals surface area contributed by atoms with Crippen molar-refractivity contribution in [2.75, 3.05) is 43.1 Å². The van der Waals surface area contributed by atoms with Crippen molar-refractivity contribution >= 4 is 34.9 Å². The van der Waals surface area contributed by atoms with Gasteiger partial charge in [-0.1, -0.05) is 36.9 Å². The van der Waals surface area contributed by atoms with Crippen molar-refractivity contribution < 1.29 is 14.3 Å². The predicted octanol–water partition coefficient (Wildman–Crippen LogP) is 3.53. The third-order valence-electron chi connectivity index (χ3n) is 5.39. The van der Waals surface area contributed by atoms with Gasteiger partial charge in [0.25, 0.3) is 0 Å². The molecule has 0 atom stereocenters. The first-order valence-corrected chi connectivity index (χ1v) is 11.0. The van der Waals surface area contributed by atoms with Gasteiger partial charge < -0.3 is 25.6 Å². The number of nitrogens with one attached hydrogen (secondary N) is 3. The summed E-state index contributed by atoms with van der Waals surface area (Å²) in [5.41, 5.74) is 1.56. The molecule has 1 aromatic rings. The minimum absolute atomic E-state index is 0.0868. The van der Waals surface area contributed by atoms with Gasteiger partial charge in [0.15, 0.2) is 0 Å². The summed E-state index contributed by atoms with van der Waals surface area (Å²) in [7, 11) is 0. The zero-order valence-electron chi connectivity index (χ0n) is 16.8. The topological polar surface area (TPSA) is 82.7 Å². The maximum Gasteiger partial charge on any atom is 0.315 e. The molecule has 0 spiro atoms. The number of hydrogen-bond acceptors (Lipinski definition) is 4. The Morgan fingerprint density at radius 3 is 2.66 bits per heavy atom. The van der Waals surface area contributed by atoms with Crippen molar-refractivity contribution in [3.63, 3.8) is 0 Å². The minimum Gasteiger partial charge on any atom is -0.378 e. The fraction of sp³-hybridized carbons (Fsp3) is 0.619. The number of hydrogen-bond donors (Lipinski definition) is 3. The lowest BCUT2D eigenvalue weighted by Crippen LogP contribution is -2.43. The molecule has 2 aliphatic rings. The number of anilines is 2. The van der Waals surface area contributed by atoms with E-state index in [9.17, 15) is 9.59 Å². The molecular weight excluding hydrogens is 392 g/mol. The lowest BCUT2D eigenvalue weighted by atomic mass is 9.96. The second kappa shape index (κ2) is 11.3. The number of halogens is 1. The fourth-order valence-electron chi connectivity index (χ4n) is 3.87. The number of rotatable bonds is 7. The molecule has 1 aliphatic heterocycles. The zero-order valence-corrected chi connectivity index (χ0v) is 17.6. The summed E-state index contributed by atoms with van der Waals surface area (Å²) in [4.78, 5) is 26.5. The van der Waals surface area contributed by atoms with Crippen LogP contribution in [0.4, 0.5) is 16.2 Å². The largest absolute Gasteiger partial charge is 0.378 e. The monoisotopic (exact) mass is 422 g/mol. The van der Waals surface area contributed by atoms with Crippen LogP contribution in [0.1, 0.15) is 44.9 Å². The minimum atomic E-state index is -0.137. The molecule has 0 aromatic heterocycles. The predicted molar refractivity (Wildman–Crippen MR) is 116 cm³/mol. The molecule has 2 fully saturated rings. The van der Waals surface area contributed by atoms with Gasteiger partial charge in [0.05, 0.1) is 29.6 Å². The van der Waals surface area contributed by atoms with Crippen LogP contribution < -0.4 is 20.9 Å². The summed E-state index contributed by atoms with van der Waals surface area (Å²) in [5, 5.41) is 9.45. The highest BCUT2D eigenvalue weighted by molar-refractivity contribution is 6.34. The molecular formula is C21H31ClN4O3. The Labute approximate surface area is 177 Å². The van der Waals surface area contributed by atoms with Crippen molar-refractivity contribution in [1.29, 1.82) is 0 Å². The molecule has 3 rings (SSSR count). The highest BCUT2D eigenvalue weighted by atomic mass is 35.5. The average molecular weight is 423 g/mol. The van der Waals surface area contributed by atoms with Crippen LogP contribution in [-0.2, 0) is 9.53 Å². The number of carbonyl (C=O) groups is 2. The Balaban J connectivity index is 1.41. The number of benzene rings is 1. The van der Waals surface area contributed by atoms with E-state index in [1.54, 1.807) is 0 Å². The molecule has 29 heavy (non-hydrogen) atoms. The molecule has 1 aromatic carbocycles. The quantitative estimate of drug-likeness (QED) is 0.587. The third-order valence-corrected chi connectivity index (χ3v) is 5.70. The highest BCUT2D eigenvalue weighted by Crippen LogP contribution is 2.34. The highest BCUT2D eigenvalue weighted by Gasteiger charge is 2.19. The molecule has 1 aliphatic carbocycles. The van der Waals surface area contributed by atoms with Crippen LogP contribution in [0.25, 0.3) is 0 Å². The smallest absolute Gasteiger partial charge is 0.315 e. The van der Waals surface area contributed by atoms with E-state index >= 15 is 0 Å². The van der Waals surface area contributed by atoms with E-state index in [4.69, 9.17) is 16.3 Å². The van der Waals surface area contributed by atoms with Crippen molar-refractivity contribution in [3.05, 3.63) is 23.2 Å². The summed E-state index contributed by atoms with van der Waals surface area (Å²) >= 11 is 6.40. The second-order valence-electron chi connectivity index (χ2n) is 7.62. The van der Waals surface area contributed by atoms with Gasteiger partial charge in [-0.3, -0.25) is 4.79 Å². The first-order chi connectivity index (χ1) is 14.1. The summed E-state index contributed by atoms with van der Waals surface area (Å²) < 4.78 is 5.40. The number of nitrogens with zero attached hydrogens (tertiary/aromatic N) is 1. The number of para-hydroxylation sites is 1. The van der Waals surface area contributed by atoms with Crippen LogP contribution in [0.2, 0.25) is 5.02 Å². The summed E-state index contributed by atoms with van der Waals surface area (Å²) in [6, 6.07) is 5.68. The van der Waals surface area contributed by atoms with Gasteiger partial charge in [-0.05, 0) is 31.4 Å². The van der Waals surface area contributed by atoms with E-state index < -0.39 is 0 Å². The standard InChI is InChI=1S/C21H31ClN4O3/c22-17-8-4-9-18(20(17)26-12-14-29-15-13-26)25-19(27)10-5-11-23-21(28)24-16-6-2-1-3-7-16/h4,8-9,16H,1-3,5-7,10-15H2,(H,25,27)(H2,23,24,28). The number of ether oxygens (including phenoxy) is 1. The number of morpholine rings is 1. The molecule has 3 N–H and O–H groups in total. The molecule has 3 amide bonds. The molecule has 1 saturated heterocycles. The number of amides is 3. The molecule has 8 heteroatoms. The van der Waals surface area contributed by atoms with Crippen LogP contribution in [0.15, 0.2) is 18.2 Å². The van der Waals surface area contributed by atoms with Gasteiger partial charge in [0.2, 0.25) is 5.91 Å². The second-order valence-corrected chi connectivity index (χ2v) is 8.03. The van der Waals surface area contributed by atoms with Crippen LogP contribution in [0.3, 0.4) is 0 Å². The first-order valence-electron chi connectivity index (χ1n) is 10.6. The number of carbonyl (C=O) groups excluding carboxylic acids is 2.